The molecule has 0 aromatic heterocycles. The van der Waals surface area contributed by atoms with Gasteiger partial charge in [0, 0.05) is 5.56 Å². The van der Waals surface area contributed by atoms with Gasteiger partial charge < -0.3 is 4.74 Å². The van der Waals surface area contributed by atoms with Crippen molar-refractivity contribution in [3.05, 3.63) is 98.4 Å². The zero-order valence-electron chi connectivity index (χ0n) is 14.7. The van der Waals surface area contributed by atoms with Gasteiger partial charge in [-0.1, -0.05) is 54.1 Å². The maximum atomic E-state index is 13.9. The molecule has 0 aliphatic heterocycles. The molecular weight excluding hydrogens is 452 g/mol. The Morgan fingerprint density at radius 2 is 1.85 bits per heavy atom. The van der Waals surface area contributed by atoms with E-state index in [1.807, 2.05) is 30.3 Å². The van der Waals surface area contributed by atoms with Crippen LogP contribution in [0.15, 0.2) is 66.7 Å². The smallest absolute Gasteiger partial charge is 0.133 e. The molecule has 0 spiro atoms. The van der Waals surface area contributed by atoms with Crippen molar-refractivity contribution in [2.45, 2.75) is 13.5 Å². The molecule has 134 valence electrons. The second-order valence-corrected chi connectivity index (χ2v) is 7.28. The van der Waals surface area contributed by atoms with E-state index >= 15 is 0 Å². The summed E-state index contributed by atoms with van der Waals surface area (Å²) in [6.07, 6.45) is 1.68. The average molecular weight is 469 g/mol. The molecule has 3 rings (SSSR count). The predicted molar refractivity (Wildman–Crippen MR) is 115 cm³/mol. The summed E-state index contributed by atoms with van der Waals surface area (Å²) in [5, 5.41) is 9.41. The summed E-state index contributed by atoms with van der Waals surface area (Å²) in [5.41, 5.74) is 3.73. The highest BCUT2D eigenvalue weighted by molar-refractivity contribution is 14.1. The second-order valence-electron chi connectivity index (χ2n) is 6.11. The highest BCUT2D eigenvalue weighted by atomic mass is 127. The summed E-state index contributed by atoms with van der Waals surface area (Å²) in [4.78, 5) is 0. The van der Waals surface area contributed by atoms with Gasteiger partial charge in [0.1, 0.15) is 18.2 Å². The van der Waals surface area contributed by atoms with Crippen molar-refractivity contribution < 1.29 is 9.13 Å². The lowest BCUT2D eigenvalue weighted by Crippen LogP contribution is -1.97. The number of ether oxygens (including phenoxy) is 1. The quantitative estimate of drug-likeness (QED) is 0.247. The summed E-state index contributed by atoms with van der Waals surface area (Å²) in [5.74, 6) is 0.371. The molecule has 2 nitrogen and oxygen atoms in total. The summed E-state index contributed by atoms with van der Waals surface area (Å²) < 4.78 is 20.8. The Morgan fingerprint density at radius 3 is 2.52 bits per heavy atom. The van der Waals surface area contributed by atoms with Crippen molar-refractivity contribution in [3.63, 3.8) is 0 Å². The van der Waals surface area contributed by atoms with Gasteiger partial charge in [-0.05, 0) is 64.9 Å². The molecule has 27 heavy (non-hydrogen) atoms. The number of aryl methyl sites for hydroxylation is 1. The van der Waals surface area contributed by atoms with Crippen LogP contribution in [0.5, 0.6) is 5.75 Å². The third-order valence-electron chi connectivity index (χ3n) is 4.07. The van der Waals surface area contributed by atoms with Gasteiger partial charge in [0.25, 0.3) is 0 Å². The predicted octanol–water partition coefficient (Wildman–Crippen LogP) is 6.38. The Bertz CT molecular complexity index is 1020. The Balaban J connectivity index is 1.78. The summed E-state index contributed by atoms with van der Waals surface area (Å²) >= 11 is 2.20. The van der Waals surface area contributed by atoms with E-state index in [1.54, 1.807) is 24.3 Å². The van der Waals surface area contributed by atoms with Crippen LogP contribution in [0.1, 0.15) is 22.3 Å². The van der Waals surface area contributed by atoms with Gasteiger partial charge in [-0.2, -0.15) is 5.26 Å². The van der Waals surface area contributed by atoms with Gasteiger partial charge in [0.05, 0.1) is 15.2 Å². The lowest BCUT2D eigenvalue weighted by Gasteiger charge is -2.09. The molecule has 0 heterocycles. The molecule has 3 aromatic carbocycles. The molecule has 0 saturated carbocycles. The number of hydrogen-bond donors (Lipinski definition) is 0. The van der Waals surface area contributed by atoms with Gasteiger partial charge in [-0.25, -0.2) is 4.39 Å². The molecule has 0 amide bonds. The Morgan fingerprint density at radius 1 is 1.11 bits per heavy atom. The van der Waals surface area contributed by atoms with Crippen LogP contribution in [-0.4, -0.2) is 0 Å². The van der Waals surface area contributed by atoms with E-state index < -0.39 is 5.82 Å². The molecule has 0 saturated heterocycles. The van der Waals surface area contributed by atoms with Crippen LogP contribution < -0.4 is 4.74 Å². The van der Waals surface area contributed by atoms with Gasteiger partial charge in [0.2, 0.25) is 0 Å². The number of nitrogens with zero attached hydrogens (tertiary/aromatic N) is 1. The number of hydrogen-bond acceptors (Lipinski definition) is 2. The average Bonchev–Trinajstić information content (AvgIpc) is 2.67. The molecule has 4 heteroatoms. The topological polar surface area (TPSA) is 33.0 Å². The highest BCUT2D eigenvalue weighted by Gasteiger charge is 2.08. The minimum absolute atomic E-state index is 0.289. The van der Waals surface area contributed by atoms with E-state index in [0.29, 0.717) is 12.2 Å². The summed E-state index contributed by atoms with van der Waals surface area (Å²) in [6, 6.07) is 22.2. The van der Waals surface area contributed by atoms with Crippen molar-refractivity contribution in [2.24, 2.45) is 0 Å². The molecule has 0 aliphatic rings. The van der Waals surface area contributed by atoms with Crippen molar-refractivity contribution >= 4 is 34.2 Å². The Labute approximate surface area is 172 Å². The zero-order valence-corrected chi connectivity index (χ0v) is 16.9. The van der Waals surface area contributed by atoms with Crippen molar-refractivity contribution in [3.8, 4) is 11.8 Å². The molecular formula is C23H17FINO. The fourth-order valence-electron chi connectivity index (χ4n) is 2.59. The minimum atomic E-state index is -0.405. The lowest BCUT2D eigenvalue weighted by molar-refractivity contribution is 0.304. The molecule has 0 radical (unpaired) electrons. The largest absolute Gasteiger partial charge is 0.488 e. The first kappa shape index (κ1) is 19.1. The molecule has 3 aromatic rings. The van der Waals surface area contributed by atoms with Crippen LogP contribution >= 0.6 is 22.6 Å². The highest BCUT2D eigenvalue weighted by Crippen LogP contribution is 2.26. The molecule has 0 N–H and O–H groups in total. The van der Waals surface area contributed by atoms with Gasteiger partial charge in [-0.15, -0.1) is 0 Å². The van der Waals surface area contributed by atoms with Crippen LogP contribution in [-0.2, 0) is 6.61 Å². The van der Waals surface area contributed by atoms with Gasteiger partial charge in [0.15, 0.2) is 0 Å². The number of allylic oxidation sites excluding steroid dienone is 1. The van der Waals surface area contributed by atoms with Crippen molar-refractivity contribution in [2.75, 3.05) is 0 Å². The van der Waals surface area contributed by atoms with Crippen LogP contribution in [0.25, 0.3) is 11.6 Å². The molecule has 0 aliphatic carbocycles. The second kappa shape index (κ2) is 8.83. The standard InChI is InChI=1S/C23H17FINO/c1-16-6-8-17(9-7-16)15-27-23-11-10-18(13-22(23)25)12-19(14-26)20-4-2-3-5-21(20)24/h2-13H,15H2,1H3. The van der Waals surface area contributed by atoms with Crippen LogP contribution in [0.3, 0.4) is 0 Å². The number of benzene rings is 3. The Hall–Kier alpha value is -2.65. The Kier molecular flexibility index (Phi) is 6.25. The van der Waals surface area contributed by atoms with E-state index in [9.17, 15) is 9.65 Å². The van der Waals surface area contributed by atoms with Crippen molar-refractivity contribution in [1.82, 2.24) is 0 Å². The van der Waals surface area contributed by atoms with E-state index in [-0.39, 0.29) is 5.57 Å². The van der Waals surface area contributed by atoms with Crippen LogP contribution in [0.2, 0.25) is 0 Å². The molecule has 0 bridgehead atoms. The summed E-state index contributed by atoms with van der Waals surface area (Å²) in [7, 11) is 0. The van der Waals surface area contributed by atoms with Crippen LogP contribution in [0.4, 0.5) is 4.39 Å². The molecule has 0 unspecified atom stereocenters. The first-order chi connectivity index (χ1) is 13.1. The maximum Gasteiger partial charge on any atom is 0.133 e. The minimum Gasteiger partial charge on any atom is -0.488 e. The van der Waals surface area contributed by atoms with Gasteiger partial charge in [-0.3, -0.25) is 0 Å². The van der Waals surface area contributed by atoms with E-state index in [2.05, 4.69) is 47.7 Å². The van der Waals surface area contributed by atoms with Crippen LogP contribution in [0, 0.1) is 27.6 Å². The van der Waals surface area contributed by atoms with Crippen molar-refractivity contribution in [1.29, 1.82) is 5.26 Å². The van der Waals surface area contributed by atoms with Gasteiger partial charge >= 0.3 is 0 Å². The first-order valence-corrected chi connectivity index (χ1v) is 9.49. The maximum absolute atomic E-state index is 13.9. The summed E-state index contributed by atoms with van der Waals surface area (Å²) in [6.45, 7) is 2.54. The lowest BCUT2D eigenvalue weighted by atomic mass is 10.0. The number of rotatable bonds is 5. The SMILES string of the molecule is Cc1ccc(COc2ccc(C=C(C#N)c3ccccc3F)cc2I)cc1. The fourth-order valence-corrected chi connectivity index (χ4v) is 3.28. The number of halogens is 2. The normalized spacial score (nSPS) is 11.1. The monoisotopic (exact) mass is 469 g/mol. The third-order valence-corrected chi connectivity index (χ3v) is 4.91. The van der Waals surface area contributed by atoms with E-state index in [4.69, 9.17) is 4.74 Å². The van der Waals surface area contributed by atoms with E-state index in [1.165, 1.54) is 11.6 Å². The number of nitriles is 1. The van der Waals surface area contributed by atoms with E-state index in [0.717, 1.165) is 20.4 Å². The molecule has 0 atom stereocenters. The third kappa shape index (κ3) is 4.95. The fraction of sp³-hybridized carbons (Fsp3) is 0.0870. The zero-order chi connectivity index (χ0) is 19.2. The molecule has 0 fully saturated rings. The first-order valence-electron chi connectivity index (χ1n) is 8.41.